The van der Waals surface area contributed by atoms with Gasteiger partial charge in [0.1, 0.15) is 0 Å². The van der Waals surface area contributed by atoms with E-state index < -0.39 is 10.0 Å². The van der Waals surface area contributed by atoms with Crippen molar-refractivity contribution < 1.29 is 8.42 Å². The van der Waals surface area contributed by atoms with Gasteiger partial charge in [0.2, 0.25) is 0 Å². The lowest BCUT2D eigenvalue weighted by Gasteiger charge is -2.06. The van der Waals surface area contributed by atoms with Crippen molar-refractivity contribution in [3.63, 3.8) is 0 Å². The summed E-state index contributed by atoms with van der Waals surface area (Å²) < 4.78 is 27.2. The summed E-state index contributed by atoms with van der Waals surface area (Å²) in [4.78, 5) is 4.30. The second kappa shape index (κ2) is 6.60. The van der Waals surface area contributed by atoms with E-state index in [1.165, 1.54) is 29.5 Å². The molecule has 1 aromatic heterocycles. The number of aromatic nitrogens is 1. The SMILES string of the molecule is Nc1cccc(-c2csc(NS(=O)(=O)c3ccc(Cl)c(Cl)c3)n2)c1. The molecule has 0 aliphatic heterocycles. The van der Waals surface area contributed by atoms with Crippen LogP contribution < -0.4 is 10.5 Å². The number of nitrogen functional groups attached to an aromatic ring is 1. The van der Waals surface area contributed by atoms with E-state index in [0.717, 1.165) is 5.56 Å². The summed E-state index contributed by atoms with van der Waals surface area (Å²) in [5.74, 6) is 0. The molecular weight excluding hydrogens is 389 g/mol. The van der Waals surface area contributed by atoms with Gasteiger partial charge in [0.15, 0.2) is 5.13 Å². The molecule has 5 nitrogen and oxygen atoms in total. The summed E-state index contributed by atoms with van der Waals surface area (Å²) in [5.41, 5.74) is 7.81. The second-order valence-corrected chi connectivity index (χ2v) is 8.20. The average Bonchev–Trinajstić information content (AvgIpc) is 2.97. The third kappa shape index (κ3) is 3.64. The molecule has 24 heavy (non-hydrogen) atoms. The Balaban J connectivity index is 1.87. The predicted octanol–water partition coefficient (Wildman–Crippen LogP) is 4.50. The minimum Gasteiger partial charge on any atom is -0.399 e. The zero-order valence-corrected chi connectivity index (χ0v) is 15.2. The quantitative estimate of drug-likeness (QED) is 0.632. The van der Waals surface area contributed by atoms with Gasteiger partial charge in [-0.25, -0.2) is 13.4 Å². The van der Waals surface area contributed by atoms with Gasteiger partial charge in [0, 0.05) is 16.6 Å². The summed E-state index contributed by atoms with van der Waals surface area (Å²) in [6, 6.07) is 11.3. The van der Waals surface area contributed by atoms with Crippen LogP contribution in [0.15, 0.2) is 52.7 Å². The molecule has 0 atom stereocenters. The maximum Gasteiger partial charge on any atom is 0.263 e. The summed E-state index contributed by atoms with van der Waals surface area (Å²) in [7, 11) is -3.80. The number of nitrogens with two attached hydrogens (primary N) is 1. The van der Waals surface area contributed by atoms with Crippen molar-refractivity contribution in [2.75, 3.05) is 10.5 Å². The molecule has 124 valence electrons. The molecular formula is C15H11Cl2N3O2S2. The van der Waals surface area contributed by atoms with Crippen LogP contribution in [0.1, 0.15) is 0 Å². The summed E-state index contributed by atoms with van der Waals surface area (Å²) in [6.45, 7) is 0. The average molecular weight is 400 g/mol. The summed E-state index contributed by atoms with van der Waals surface area (Å²) in [5, 5.41) is 2.45. The van der Waals surface area contributed by atoms with Gasteiger partial charge in [-0.2, -0.15) is 0 Å². The number of benzene rings is 2. The first-order valence-corrected chi connectivity index (χ1v) is 9.76. The van der Waals surface area contributed by atoms with Crippen molar-refractivity contribution in [3.05, 3.63) is 57.9 Å². The highest BCUT2D eigenvalue weighted by atomic mass is 35.5. The summed E-state index contributed by atoms with van der Waals surface area (Å²) in [6.07, 6.45) is 0. The van der Waals surface area contributed by atoms with Crippen LogP contribution in [-0.4, -0.2) is 13.4 Å². The highest BCUT2D eigenvalue weighted by Crippen LogP contribution is 2.29. The minimum absolute atomic E-state index is 0.0117. The van der Waals surface area contributed by atoms with Crippen LogP contribution in [0.3, 0.4) is 0 Å². The van der Waals surface area contributed by atoms with Crippen molar-refractivity contribution in [1.29, 1.82) is 0 Å². The van der Waals surface area contributed by atoms with E-state index in [1.54, 1.807) is 17.5 Å². The van der Waals surface area contributed by atoms with Gasteiger partial charge in [-0.05, 0) is 30.3 Å². The number of thiazole rings is 1. The number of hydrogen-bond acceptors (Lipinski definition) is 5. The highest BCUT2D eigenvalue weighted by Gasteiger charge is 2.17. The van der Waals surface area contributed by atoms with Crippen molar-refractivity contribution >= 4 is 55.4 Å². The highest BCUT2D eigenvalue weighted by molar-refractivity contribution is 7.93. The van der Waals surface area contributed by atoms with Gasteiger partial charge in [-0.15, -0.1) is 11.3 Å². The van der Waals surface area contributed by atoms with Crippen LogP contribution in [0, 0.1) is 0 Å². The minimum atomic E-state index is -3.80. The first-order valence-electron chi connectivity index (χ1n) is 6.64. The third-order valence-electron chi connectivity index (χ3n) is 3.11. The molecule has 3 aromatic rings. The van der Waals surface area contributed by atoms with E-state index in [4.69, 9.17) is 28.9 Å². The largest absolute Gasteiger partial charge is 0.399 e. The molecule has 0 saturated heterocycles. The van der Waals surface area contributed by atoms with Gasteiger partial charge >= 0.3 is 0 Å². The fraction of sp³-hybridized carbons (Fsp3) is 0. The summed E-state index contributed by atoms with van der Waals surface area (Å²) >= 11 is 12.9. The fourth-order valence-corrected chi connectivity index (χ4v) is 4.33. The van der Waals surface area contributed by atoms with E-state index >= 15 is 0 Å². The number of sulfonamides is 1. The van der Waals surface area contributed by atoms with Crippen LogP contribution in [0.5, 0.6) is 0 Å². The Morgan fingerprint density at radius 3 is 2.58 bits per heavy atom. The van der Waals surface area contributed by atoms with Crippen molar-refractivity contribution in [3.8, 4) is 11.3 Å². The standard InChI is InChI=1S/C15H11Cl2N3O2S2/c16-12-5-4-11(7-13(12)17)24(21,22)20-15-19-14(8-23-15)9-2-1-3-10(18)6-9/h1-8H,18H2,(H,19,20). The van der Waals surface area contributed by atoms with E-state index in [9.17, 15) is 8.42 Å². The maximum atomic E-state index is 12.4. The molecule has 0 unspecified atom stereocenters. The van der Waals surface area contributed by atoms with E-state index in [0.29, 0.717) is 11.4 Å². The molecule has 0 spiro atoms. The number of nitrogens with one attached hydrogen (secondary N) is 1. The molecule has 2 aromatic carbocycles. The number of anilines is 2. The zero-order valence-electron chi connectivity index (χ0n) is 12.0. The molecule has 0 aliphatic rings. The monoisotopic (exact) mass is 399 g/mol. The smallest absolute Gasteiger partial charge is 0.263 e. The molecule has 1 heterocycles. The Hall–Kier alpha value is -1.80. The molecule has 3 rings (SSSR count). The predicted molar refractivity (Wildman–Crippen MR) is 99.2 cm³/mol. The molecule has 0 fully saturated rings. The zero-order chi connectivity index (χ0) is 17.3. The van der Waals surface area contributed by atoms with E-state index in [-0.39, 0.29) is 20.1 Å². The van der Waals surface area contributed by atoms with Crippen LogP contribution in [0.25, 0.3) is 11.3 Å². The van der Waals surface area contributed by atoms with Gasteiger partial charge in [-0.1, -0.05) is 35.3 Å². The first-order chi connectivity index (χ1) is 11.3. The number of rotatable bonds is 4. The topological polar surface area (TPSA) is 85.1 Å². The lowest BCUT2D eigenvalue weighted by molar-refractivity contribution is 0.601. The lowest BCUT2D eigenvalue weighted by Crippen LogP contribution is -2.12. The van der Waals surface area contributed by atoms with Crippen LogP contribution in [0.4, 0.5) is 10.8 Å². The van der Waals surface area contributed by atoms with E-state index in [2.05, 4.69) is 9.71 Å². The number of halogens is 2. The van der Waals surface area contributed by atoms with Crippen LogP contribution >= 0.6 is 34.5 Å². The number of nitrogens with zero attached hydrogens (tertiary/aromatic N) is 1. The molecule has 0 saturated carbocycles. The Morgan fingerprint density at radius 1 is 1.08 bits per heavy atom. The molecule has 3 N–H and O–H groups in total. The van der Waals surface area contributed by atoms with Gasteiger partial charge in [0.25, 0.3) is 10.0 Å². The second-order valence-electron chi connectivity index (χ2n) is 4.84. The fourth-order valence-electron chi connectivity index (χ4n) is 1.97. The van der Waals surface area contributed by atoms with Gasteiger partial charge in [-0.3, -0.25) is 4.72 Å². The Labute approximate surface area is 153 Å². The van der Waals surface area contributed by atoms with Crippen LogP contribution in [-0.2, 0) is 10.0 Å². The van der Waals surface area contributed by atoms with E-state index in [1.807, 2.05) is 12.1 Å². The first kappa shape index (κ1) is 17.0. The Kier molecular flexibility index (Phi) is 4.69. The van der Waals surface area contributed by atoms with Gasteiger partial charge < -0.3 is 5.73 Å². The molecule has 0 amide bonds. The molecule has 0 aliphatic carbocycles. The third-order valence-corrected chi connectivity index (χ3v) is 6.07. The molecule has 0 radical (unpaired) electrons. The van der Waals surface area contributed by atoms with Crippen molar-refractivity contribution in [2.45, 2.75) is 4.90 Å². The maximum absolute atomic E-state index is 12.4. The lowest BCUT2D eigenvalue weighted by atomic mass is 10.1. The molecule has 9 heteroatoms. The normalized spacial score (nSPS) is 11.4. The number of hydrogen-bond donors (Lipinski definition) is 2. The Bertz CT molecular complexity index is 1000. The molecule has 0 bridgehead atoms. The van der Waals surface area contributed by atoms with Crippen molar-refractivity contribution in [2.24, 2.45) is 0 Å². The van der Waals surface area contributed by atoms with Crippen LogP contribution in [0.2, 0.25) is 10.0 Å². The van der Waals surface area contributed by atoms with Gasteiger partial charge in [0.05, 0.1) is 20.6 Å². The van der Waals surface area contributed by atoms with Crippen molar-refractivity contribution in [1.82, 2.24) is 4.98 Å². The Morgan fingerprint density at radius 2 is 1.88 bits per heavy atom.